The molecule has 1 aliphatic rings. The Kier molecular flexibility index (Phi) is 4.71. The molecule has 7 nitrogen and oxygen atoms in total. The van der Waals surface area contributed by atoms with Crippen LogP contribution in [0.15, 0.2) is 35.3 Å². The van der Waals surface area contributed by atoms with Crippen LogP contribution in [0.1, 0.15) is 11.7 Å². The maximum absolute atomic E-state index is 11.6. The lowest BCUT2D eigenvalue weighted by Crippen LogP contribution is -2.41. The fourth-order valence-corrected chi connectivity index (χ4v) is 2.95. The molecule has 0 amide bonds. The summed E-state index contributed by atoms with van der Waals surface area (Å²) in [7, 11) is 5.12. The molecule has 3 rings (SSSR count). The van der Waals surface area contributed by atoms with Crippen molar-refractivity contribution in [3.8, 4) is 11.5 Å². The lowest BCUT2D eigenvalue weighted by atomic mass is 10.0. The van der Waals surface area contributed by atoms with Crippen molar-refractivity contribution in [1.29, 1.82) is 0 Å². The van der Waals surface area contributed by atoms with Crippen molar-refractivity contribution >= 4 is 5.95 Å². The summed E-state index contributed by atoms with van der Waals surface area (Å²) < 4.78 is 18.7. The second-order valence-electron chi connectivity index (χ2n) is 5.56. The number of aryl methyl sites for hydroxylation is 1. The second kappa shape index (κ2) is 6.92. The molecule has 1 atom stereocenters. The van der Waals surface area contributed by atoms with Gasteiger partial charge in [-0.2, -0.15) is 4.98 Å². The number of methoxy groups -OCH3 is 2. The Bertz CT molecular complexity index is 752. The van der Waals surface area contributed by atoms with Gasteiger partial charge in [0.1, 0.15) is 17.6 Å². The molecule has 1 unspecified atom stereocenters. The van der Waals surface area contributed by atoms with Crippen molar-refractivity contribution in [2.24, 2.45) is 7.05 Å². The van der Waals surface area contributed by atoms with Gasteiger partial charge in [-0.15, -0.1) is 0 Å². The molecule has 0 bridgehead atoms. The molecule has 24 heavy (non-hydrogen) atoms. The predicted octanol–water partition coefficient (Wildman–Crippen LogP) is 1.38. The monoisotopic (exact) mass is 331 g/mol. The summed E-state index contributed by atoms with van der Waals surface area (Å²) in [4.78, 5) is 17.8. The van der Waals surface area contributed by atoms with Gasteiger partial charge in [-0.05, 0) is 12.1 Å². The Morgan fingerprint density at radius 1 is 1.21 bits per heavy atom. The van der Waals surface area contributed by atoms with Crippen LogP contribution in [0.3, 0.4) is 0 Å². The van der Waals surface area contributed by atoms with Gasteiger partial charge in [0.05, 0.1) is 32.9 Å². The van der Waals surface area contributed by atoms with E-state index in [1.54, 1.807) is 20.4 Å². The van der Waals surface area contributed by atoms with Crippen molar-refractivity contribution in [3.05, 3.63) is 46.4 Å². The number of anilines is 1. The number of rotatable bonds is 4. The molecule has 0 radical (unpaired) electrons. The number of aromatic nitrogens is 2. The first-order valence-electron chi connectivity index (χ1n) is 7.75. The number of ether oxygens (including phenoxy) is 3. The highest BCUT2D eigenvalue weighted by atomic mass is 16.5. The van der Waals surface area contributed by atoms with Gasteiger partial charge >= 0.3 is 0 Å². The smallest absolute Gasteiger partial charge is 0.274 e. The zero-order valence-electron chi connectivity index (χ0n) is 14.1. The van der Waals surface area contributed by atoms with Gasteiger partial charge in [-0.1, -0.05) is 6.07 Å². The molecular formula is C17H21N3O4. The van der Waals surface area contributed by atoms with Crippen LogP contribution in [0.2, 0.25) is 0 Å². The summed E-state index contributed by atoms with van der Waals surface area (Å²) >= 11 is 0. The van der Waals surface area contributed by atoms with E-state index < -0.39 is 0 Å². The molecule has 1 saturated heterocycles. The number of hydrogen-bond donors (Lipinski definition) is 0. The van der Waals surface area contributed by atoms with Crippen molar-refractivity contribution in [2.75, 3.05) is 38.8 Å². The van der Waals surface area contributed by atoms with Gasteiger partial charge in [-0.25, -0.2) is 0 Å². The van der Waals surface area contributed by atoms with E-state index in [0.717, 1.165) is 17.1 Å². The molecule has 0 aliphatic carbocycles. The topological polar surface area (TPSA) is 65.8 Å². The highest BCUT2D eigenvalue weighted by Gasteiger charge is 2.29. The average molecular weight is 331 g/mol. The van der Waals surface area contributed by atoms with E-state index in [2.05, 4.69) is 4.98 Å². The molecule has 1 aromatic carbocycles. The number of benzene rings is 1. The van der Waals surface area contributed by atoms with Crippen LogP contribution in [0, 0.1) is 0 Å². The SMILES string of the molecule is COc1cccc(OC)c1C1CN(c2nc(=O)ccn2C)CCO1. The molecule has 0 saturated carbocycles. The normalized spacial score (nSPS) is 17.6. The Balaban J connectivity index is 1.94. The van der Waals surface area contributed by atoms with Gasteiger partial charge in [0.2, 0.25) is 5.95 Å². The minimum Gasteiger partial charge on any atom is -0.496 e. The third-order valence-electron chi connectivity index (χ3n) is 4.10. The molecule has 7 heteroatoms. The van der Waals surface area contributed by atoms with E-state index >= 15 is 0 Å². The summed E-state index contributed by atoms with van der Waals surface area (Å²) in [5.41, 5.74) is 0.620. The fourth-order valence-electron chi connectivity index (χ4n) is 2.95. The first kappa shape index (κ1) is 16.3. The van der Waals surface area contributed by atoms with E-state index in [-0.39, 0.29) is 11.7 Å². The largest absolute Gasteiger partial charge is 0.496 e. The lowest BCUT2D eigenvalue weighted by molar-refractivity contribution is 0.0358. The van der Waals surface area contributed by atoms with Crippen LogP contribution < -0.4 is 19.9 Å². The Labute approximate surface area is 140 Å². The van der Waals surface area contributed by atoms with Crippen molar-refractivity contribution in [3.63, 3.8) is 0 Å². The van der Waals surface area contributed by atoms with Gasteiger partial charge in [0.25, 0.3) is 5.56 Å². The maximum atomic E-state index is 11.6. The third-order valence-corrected chi connectivity index (χ3v) is 4.10. The van der Waals surface area contributed by atoms with Crippen molar-refractivity contribution in [2.45, 2.75) is 6.10 Å². The second-order valence-corrected chi connectivity index (χ2v) is 5.56. The Morgan fingerprint density at radius 2 is 1.92 bits per heavy atom. The van der Waals surface area contributed by atoms with Crippen LogP contribution >= 0.6 is 0 Å². The molecule has 1 aromatic heterocycles. The van der Waals surface area contributed by atoms with Crippen LogP contribution in [0.25, 0.3) is 0 Å². The summed E-state index contributed by atoms with van der Waals surface area (Å²) in [6.07, 6.45) is 1.49. The molecule has 0 N–H and O–H groups in total. The van der Waals surface area contributed by atoms with E-state index in [4.69, 9.17) is 14.2 Å². The zero-order valence-corrected chi connectivity index (χ0v) is 14.1. The number of morpholine rings is 1. The predicted molar refractivity (Wildman–Crippen MR) is 89.9 cm³/mol. The van der Waals surface area contributed by atoms with Crippen LogP contribution in [0.5, 0.6) is 11.5 Å². The van der Waals surface area contributed by atoms with Crippen molar-refractivity contribution < 1.29 is 14.2 Å². The van der Waals surface area contributed by atoms with Crippen LogP contribution in [-0.2, 0) is 11.8 Å². The van der Waals surface area contributed by atoms with E-state index in [1.165, 1.54) is 6.07 Å². The number of nitrogens with zero attached hydrogens (tertiary/aromatic N) is 3. The molecular weight excluding hydrogens is 310 g/mol. The van der Waals surface area contributed by atoms with E-state index in [1.807, 2.05) is 34.7 Å². The van der Waals surface area contributed by atoms with E-state index in [0.29, 0.717) is 25.6 Å². The van der Waals surface area contributed by atoms with E-state index in [9.17, 15) is 4.79 Å². The van der Waals surface area contributed by atoms with Crippen molar-refractivity contribution in [1.82, 2.24) is 9.55 Å². The van der Waals surface area contributed by atoms with Gasteiger partial charge in [0, 0.05) is 25.9 Å². The first-order chi connectivity index (χ1) is 11.6. The maximum Gasteiger partial charge on any atom is 0.274 e. The quantitative estimate of drug-likeness (QED) is 0.843. The minimum atomic E-state index is -0.249. The molecule has 2 heterocycles. The number of hydrogen-bond acceptors (Lipinski definition) is 6. The molecule has 1 aliphatic heterocycles. The van der Waals surface area contributed by atoms with Gasteiger partial charge in [-0.3, -0.25) is 4.79 Å². The first-order valence-corrected chi connectivity index (χ1v) is 7.75. The summed E-state index contributed by atoms with van der Waals surface area (Å²) in [6, 6.07) is 7.10. The molecule has 128 valence electrons. The standard InChI is InChI=1S/C17H21N3O4/c1-19-8-7-15(21)18-17(19)20-9-10-24-14(11-20)16-12(22-2)5-4-6-13(16)23-3/h4-8,14H,9-11H2,1-3H3. The average Bonchev–Trinajstić information content (AvgIpc) is 2.63. The van der Waals surface area contributed by atoms with Gasteiger partial charge < -0.3 is 23.7 Å². The highest BCUT2D eigenvalue weighted by molar-refractivity contribution is 5.48. The summed E-state index contributed by atoms with van der Waals surface area (Å²) in [5, 5.41) is 0. The van der Waals surface area contributed by atoms with Crippen LogP contribution in [-0.4, -0.2) is 43.5 Å². The molecule has 0 spiro atoms. The highest BCUT2D eigenvalue weighted by Crippen LogP contribution is 2.37. The Hall–Kier alpha value is -2.54. The van der Waals surface area contributed by atoms with Crippen LogP contribution in [0.4, 0.5) is 5.95 Å². The molecule has 2 aromatic rings. The summed E-state index contributed by atoms with van der Waals surface area (Å²) in [5.74, 6) is 2.07. The zero-order chi connectivity index (χ0) is 17.1. The third kappa shape index (κ3) is 3.07. The fraction of sp³-hybridized carbons (Fsp3) is 0.412. The van der Waals surface area contributed by atoms with Gasteiger partial charge in [0.15, 0.2) is 0 Å². The minimum absolute atomic E-state index is 0.234. The Morgan fingerprint density at radius 3 is 2.58 bits per heavy atom. The summed E-state index contributed by atoms with van der Waals surface area (Å²) in [6.45, 7) is 1.75. The lowest BCUT2D eigenvalue weighted by Gasteiger charge is -2.35. The molecule has 1 fully saturated rings.